The number of carbonyl (C=O) groups is 1. The fraction of sp³-hybridized carbons (Fsp3) is 0.263. The van der Waals surface area contributed by atoms with Crippen LogP contribution < -0.4 is 16.0 Å². The van der Waals surface area contributed by atoms with Crippen molar-refractivity contribution >= 4 is 28.1 Å². The fourth-order valence-corrected chi connectivity index (χ4v) is 4.00. The second-order valence-electron chi connectivity index (χ2n) is 6.73. The molecule has 2 heterocycles. The van der Waals surface area contributed by atoms with Crippen LogP contribution in [0.15, 0.2) is 59.7 Å². The van der Waals surface area contributed by atoms with Gasteiger partial charge in [-0.2, -0.15) is 13.2 Å². The van der Waals surface area contributed by atoms with Crippen molar-refractivity contribution in [1.82, 2.24) is 15.5 Å². The second-order valence-corrected chi connectivity index (χ2v) is 8.78. The van der Waals surface area contributed by atoms with E-state index in [2.05, 4.69) is 27.6 Å². The predicted octanol–water partition coefficient (Wildman–Crippen LogP) is 1.59. The van der Waals surface area contributed by atoms with E-state index in [4.69, 9.17) is 0 Å². The zero-order valence-corrected chi connectivity index (χ0v) is 16.6. The molecule has 1 aromatic carbocycles. The van der Waals surface area contributed by atoms with Crippen molar-refractivity contribution in [3.63, 3.8) is 0 Å². The molecule has 1 aliphatic heterocycles. The molecule has 30 heavy (non-hydrogen) atoms. The van der Waals surface area contributed by atoms with Gasteiger partial charge in [-0.3, -0.25) is 4.79 Å². The minimum Gasteiger partial charge on any atom is -0.351 e. The summed E-state index contributed by atoms with van der Waals surface area (Å²) in [4.78, 5) is 15.6. The first kappa shape index (κ1) is 22.0. The Hall–Kier alpha value is -2.66. The van der Waals surface area contributed by atoms with Gasteiger partial charge in [0.25, 0.3) is 12.8 Å². The fourth-order valence-electron chi connectivity index (χ4n) is 2.93. The van der Waals surface area contributed by atoms with Gasteiger partial charge in [-0.1, -0.05) is 29.6 Å². The molecular formula is C19H19BF3N3O3S. The van der Waals surface area contributed by atoms with Gasteiger partial charge >= 0.3 is 6.18 Å². The molecule has 6 nitrogen and oxygen atoms in total. The van der Waals surface area contributed by atoms with Crippen LogP contribution in [0.25, 0.3) is 0 Å². The maximum absolute atomic E-state index is 12.6. The monoisotopic (exact) mass is 437 g/mol. The number of hydrogen-bond donors (Lipinski definition) is 2. The molecule has 1 aliphatic rings. The molecule has 0 unspecified atom stereocenters. The number of nitrogens with zero attached hydrogens (tertiary/aromatic N) is 1. The van der Waals surface area contributed by atoms with Crippen LogP contribution in [0.4, 0.5) is 13.2 Å². The van der Waals surface area contributed by atoms with E-state index in [9.17, 15) is 26.4 Å². The quantitative estimate of drug-likeness (QED) is 0.671. The lowest BCUT2D eigenvalue weighted by atomic mass is 9.55. The molecule has 0 bridgehead atoms. The summed E-state index contributed by atoms with van der Waals surface area (Å²) in [5, 5.41) is 5.37. The topological polar surface area (TPSA) is 88.2 Å². The third kappa shape index (κ3) is 5.48. The van der Waals surface area contributed by atoms with Gasteiger partial charge in [-0.15, -0.1) is 0 Å². The van der Waals surface area contributed by atoms with Crippen LogP contribution in [0.2, 0.25) is 0 Å². The first-order chi connectivity index (χ1) is 14.2. The van der Waals surface area contributed by atoms with Gasteiger partial charge in [0.2, 0.25) is 0 Å². The Bertz CT molecular complexity index is 1020. The Morgan fingerprint density at radius 2 is 1.90 bits per heavy atom. The number of halogens is 3. The van der Waals surface area contributed by atoms with Crippen molar-refractivity contribution in [1.29, 1.82) is 0 Å². The molecule has 11 heteroatoms. The van der Waals surface area contributed by atoms with E-state index in [1.54, 1.807) is 12.1 Å². The number of nitrogens with one attached hydrogen (secondary N) is 2. The summed E-state index contributed by atoms with van der Waals surface area (Å²) in [6, 6.07) is 8.43. The Labute approximate surface area is 172 Å². The van der Waals surface area contributed by atoms with E-state index in [0.717, 1.165) is 24.5 Å². The normalized spacial score (nSPS) is 14.6. The summed E-state index contributed by atoms with van der Waals surface area (Å²) in [6.45, 7) is 0.779. The lowest BCUT2D eigenvalue weighted by Crippen LogP contribution is -2.45. The highest BCUT2D eigenvalue weighted by molar-refractivity contribution is 7.91. The van der Waals surface area contributed by atoms with Gasteiger partial charge in [0.1, 0.15) is 0 Å². The number of pyridine rings is 1. The van der Waals surface area contributed by atoms with Crippen LogP contribution in [-0.2, 0) is 16.0 Å². The van der Waals surface area contributed by atoms with Crippen molar-refractivity contribution in [2.24, 2.45) is 0 Å². The number of carbonyl (C=O) groups excluding carboxylic acids is 1. The SMILES string of the molecule is O=C(NCCS(=O)(=O)c1ccc(C(F)(F)F)cn1)c1ccc(B2C=CCCN2)cc1. The van der Waals surface area contributed by atoms with Crippen molar-refractivity contribution < 1.29 is 26.4 Å². The van der Waals surface area contributed by atoms with Crippen LogP contribution in [0, 0.1) is 0 Å². The smallest absolute Gasteiger partial charge is 0.351 e. The van der Waals surface area contributed by atoms with Crippen LogP contribution in [-0.4, -0.2) is 45.0 Å². The highest BCUT2D eigenvalue weighted by Crippen LogP contribution is 2.28. The van der Waals surface area contributed by atoms with Gasteiger partial charge < -0.3 is 10.5 Å². The van der Waals surface area contributed by atoms with Gasteiger partial charge in [0, 0.05) is 18.3 Å². The summed E-state index contributed by atoms with van der Waals surface area (Å²) in [5.41, 5.74) is 0.360. The molecule has 0 radical (unpaired) electrons. The standard InChI is InChI=1S/C19H19BF3N3O3S/c21-19(22,23)15-5-8-17(25-13-15)30(28,29)12-11-24-18(27)14-3-6-16(7-4-14)20-9-1-2-10-26-20/h1,3-9,13,26H,2,10-12H2,(H,24,27). The molecule has 2 N–H and O–H groups in total. The molecule has 1 aromatic heterocycles. The van der Waals surface area contributed by atoms with Gasteiger partial charge in [0.05, 0.1) is 11.3 Å². The minimum atomic E-state index is -4.60. The minimum absolute atomic E-state index is 0.0947. The van der Waals surface area contributed by atoms with E-state index in [-0.39, 0.29) is 13.4 Å². The van der Waals surface area contributed by atoms with E-state index in [0.29, 0.717) is 17.8 Å². The Balaban J connectivity index is 1.55. The highest BCUT2D eigenvalue weighted by Gasteiger charge is 2.31. The maximum atomic E-state index is 12.6. The molecule has 1 amide bonds. The number of benzene rings is 1. The van der Waals surface area contributed by atoms with Crippen molar-refractivity contribution in [2.45, 2.75) is 17.6 Å². The number of alkyl halides is 3. The van der Waals surface area contributed by atoms with E-state index in [1.165, 1.54) is 0 Å². The van der Waals surface area contributed by atoms with Crippen molar-refractivity contribution in [3.05, 3.63) is 65.8 Å². The summed E-state index contributed by atoms with van der Waals surface area (Å²) in [6.07, 6.45) is -1.05. The number of sulfone groups is 1. The molecule has 0 fully saturated rings. The van der Waals surface area contributed by atoms with Crippen molar-refractivity contribution in [2.75, 3.05) is 18.8 Å². The molecule has 3 rings (SSSR count). The van der Waals surface area contributed by atoms with E-state index < -0.39 is 38.3 Å². The first-order valence-electron chi connectivity index (χ1n) is 9.21. The Kier molecular flexibility index (Phi) is 6.62. The Morgan fingerprint density at radius 1 is 1.17 bits per heavy atom. The summed E-state index contributed by atoms with van der Waals surface area (Å²) in [7, 11) is -3.93. The molecule has 2 aromatic rings. The lowest BCUT2D eigenvalue weighted by Gasteiger charge is -2.15. The second kappa shape index (κ2) is 9.01. The number of rotatable bonds is 6. The van der Waals surface area contributed by atoms with Crippen LogP contribution in [0.3, 0.4) is 0 Å². The molecule has 0 saturated carbocycles. The molecule has 0 spiro atoms. The first-order valence-corrected chi connectivity index (χ1v) is 10.9. The summed E-state index contributed by atoms with van der Waals surface area (Å²) < 4.78 is 62.1. The van der Waals surface area contributed by atoms with E-state index in [1.807, 2.05) is 12.1 Å². The highest BCUT2D eigenvalue weighted by atomic mass is 32.2. The molecule has 0 saturated heterocycles. The van der Waals surface area contributed by atoms with Crippen molar-refractivity contribution in [3.8, 4) is 0 Å². The number of amides is 1. The molecule has 0 aliphatic carbocycles. The average Bonchev–Trinajstić information content (AvgIpc) is 2.74. The molecule has 0 atom stereocenters. The average molecular weight is 437 g/mol. The number of aromatic nitrogens is 1. The third-order valence-electron chi connectivity index (χ3n) is 4.57. The zero-order chi connectivity index (χ0) is 21.8. The van der Waals surface area contributed by atoms with Gasteiger partial charge in [-0.05, 0) is 37.2 Å². The largest absolute Gasteiger partial charge is 0.417 e. The van der Waals surface area contributed by atoms with Gasteiger partial charge in [0.15, 0.2) is 14.9 Å². The molecular weight excluding hydrogens is 418 g/mol. The Morgan fingerprint density at radius 3 is 2.47 bits per heavy atom. The summed E-state index contributed by atoms with van der Waals surface area (Å²) >= 11 is 0. The van der Waals surface area contributed by atoms with Crippen LogP contribution >= 0.6 is 0 Å². The van der Waals surface area contributed by atoms with E-state index >= 15 is 0 Å². The molecule has 158 valence electrons. The zero-order valence-electron chi connectivity index (χ0n) is 15.8. The van der Waals surface area contributed by atoms with Crippen LogP contribution in [0.5, 0.6) is 0 Å². The number of hydrogen-bond acceptors (Lipinski definition) is 5. The van der Waals surface area contributed by atoms with Crippen LogP contribution in [0.1, 0.15) is 22.3 Å². The maximum Gasteiger partial charge on any atom is 0.417 e. The third-order valence-corrected chi connectivity index (χ3v) is 6.19. The van der Waals surface area contributed by atoms with Gasteiger partial charge in [-0.25, -0.2) is 13.4 Å². The summed E-state index contributed by atoms with van der Waals surface area (Å²) in [5.74, 6) is 1.13. The lowest BCUT2D eigenvalue weighted by molar-refractivity contribution is -0.137. The predicted molar refractivity (Wildman–Crippen MR) is 107 cm³/mol.